The van der Waals surface area contributed by atoms with Gasteiger partial charge in [0.1, 0.15) is 5.82 Å². The molecule has 1 aromatic rings. The van der Waals surface area contributed by atoms with Gasteiger partial charge < -0.3 is 10.0 Å². The standard InChI is InChI=1S/C10H16N4O2S/c1-8-11-10(17-12-8)14-6-4-13(5-7-14)3-2-9(15)16/h2-7H2,1H3,(H,15,16). The van der Waals surface area contributed by atoms with Crippen molar-refractivity contribution in [1.29, 1.82) is 0 Å². The fourth-order valence-electron chi connectivity index (χ4n) is 1.83. The van der Waals surface area contributed by atoms with E-state index in [-0.39, 0.29) is 6.42 Å². The maximum absolute atomic E-state index is 10.5. The zero-order valence-electron chi connectivity index (χ0n) is 9.80. The summed E-state index contributed by atoms with van der Waals surface area (Å²) >= 11 is 1.43. The smallest absolute Gasteiger partial charge is 0.304 e. The van der Waals surface area contributed by atoms with Crippen LogP contribution in [0.2, 0.25) is 0 Å². The highest BCUT2D eigenvalue weighted by Gasteiger charge is 2.19. The highest BCUT2D eigenvalue weighted by Crippen LogP contribution is 2.18. The molecule has 2 heterocycles. The van der Waals surface area contributed by atoms with Gasteiger partial charge in [0.05, 0.1) is 6.42 Å². The van der Waals surface area contributed by atoms with Crippen LogP contribution in [0.1, 0.15) is 12.2 Å². The van der Waals surface area contributed by atoms with E-state index in [1.807, 2.05) is 6.92 Å². The summed E-state index contributed by atoms with van der Waals surface area (Å²) in [6, 6.07) is 0. The number of nitrogens with zero attached hydrogens (tertiary/aromatic N) is 4. The Hall–Kier alpha value is -1.21. The van der Waals surface area contributed by atoms with E-state index in [2.05, 4.69) is 19.2 Å². The quantitative estimate of drug-likeness (QED) is 0.843. The minimum atomic E-state index is -0.729. The molecule has 0 spiro atoms. The first-order chi connectivity index (χ1) is 8.15. The molecule has 0 saturated carbocycles. The fourth-order valence-corrected chi connectivity index (χ4v) is 2.56. The molecule has 6 nitrogen and oxygen atoms in total. The molecule has 0 amide bonds. The van der Waals surface area contributed by atoms with Crippen molar-refractivity contribution in [2.24, 2.45) is 0 Å². The third-order valence-electron chi connectivity index (χ3n) is 2.80. The molecule has 7 heteroatoms. The molecular weight excluding hydrogens is 240 g/mol. The van der Waals surface area contributed by atoms with Crippen molar-refractivity contribution >= 4 is 22.6 Å². The topological polar surface area (TPSA) is 69.6 Å². The van der Waals surface area contributed by atoms with Crippen LogP contribution in [0.4, 0.5) is 5.13 Å². The van der Waals surface area contributed by atoms with Gasteiger partial charge in [-0.1, -0.05) is 0 Å². The maximum Gasteiger partial charge on any atom is 0.304 e. The van der Waals surface area contributed by atoms with Gasteiger partial charge in [-0.25, -0.2) is 4.98 Å². The van der Waals surface area contributed by atoms with Crippen LogP contribution < -0.4 is 4.90 Å². The van der Waals surface area contributed by atoms with E-state index in [1.165, 1.54) is 11.5 Å². The number of aryl methyl sites for hydroxylation is 1. The Morgan fingerprint density at radius 2 is 2.12 bits per heavy atom. The number of aliphatic carboxylic acids is 1. The van der Waals surface area contributed by atoms with E-state index < -0.39 is 5.97 Å². The second-order valence-electron chi connectivity index (χ2n) is 4.10. The van der Waals surface area contributed by atoms with E-state index >= 15 is 0 Å². The maximum atomic E-state index is 10.5. The molecule has 1 fully saturated rings. The minimum absolute atomic E-state index is 0.220. The van der Waals surface area contributed by atoms with Crippen molar-refractivity contribution in [3.8, 4) is 0 Å². The SMILES string of the molecule is Cc1nsc(N2CCN(CCC(=O)O)CC2)n1. The molecule has 2 rings (SSSR count). The third-order valence-corrected chi connectivity index (χ3v) is 3.67. The minimum Gasteiger partial charge on any atom is -0.481 e. The van der Waals surface area contributed by atoms with Gasteiger partial charge in [-0.3, -0.25) is 9.69 Å². The van der Waals surface area contributed by atoms with Crippen molar-refractivity contribution in [2.45, 2.75) is 13.3 Å². The number of hydrogen-bond donors (Lipinski definition) is 1. The molecule has 1 aliphatic rings. The van der Waals surface area contributed by atoms with Crippen LogP contribution in [-0.4, -0.2) is 58.1 Å². The van der Waals surface area contributed by atoms with Gasteiger partial charge in [0.2, 0.25) is 5.13 Å². The Balaban J connectivity index is 1.80. The number of piperazine rings is 1. The normalized spacial score (nSPS) is 17.4. The molecular formula is C10H16N4O2S. The van der Waals surface area contributed by atoms with Crippen LogP contribution >= 0.6 is 11.5 Å². The Bertz CT molecular complexity index is 387. The average molecular weight is 256 g/mol. The molecule has 17 heavy (non-hydrogen) atoms. The number of carboxylic acid groups (broad SMARTS) is 1. The monoisotopic (exact) mass is 256 g/mol. The first-order valence-electron chi connectivity index (χ1n) is 5.64. The van der Waals surface area contributed by atoms with Crippen LogP contribution in [0.3, 0.4) is 0 Å². The molecule has 0 aliphatic carbocycles. The third kappa shape index (κ3) is 3.37. The number of anilines is 1. The lowest BCUT2D eigenvalue weighted by molar-refractivity contribution is -0.137. The molecule has 0 atom stereocenters. The molecule has 0 bridgehead atoms. The number of carboxylic acids is 1. The molecule has 0 aromatic carbocycles. The lowest BCUT2D eigenvalue weighted by Crippen LogP contribution is -2.46. The largest absolute Gasteiger partial charge is 0.481 e. The van der Waals surface area contributed by atoms with Gasteiger partial charge in [0.15, 0.2) is 0 Å². The highest BCUT2D eigenvalue weighted by atomic mass is 32.1. The van der Waals surface area contributed by atoms with Crippen LogP contribution in [-0.2, 0) is 4.79 Å². The zero-order chi connectivity index (χ0) is 12.3. The van der Waals surface area contributed by atoms with Crippen molar-refractivity contribution in [1.82, 2.24) is 14.3 Å². The summed E-state index contributed by atoms with van der Waals surface area (Å²) in [4.78, 5) is 19.2. The first-order valence-corrected chi connectivity index (χ1v) is 6.42. The molecule has 0 radical (unpaired) electrons. The summed E-state index contributed by atoms with van der Waals surface area (Å²) in [7, 11) is 0. The predicted molar refractivity (Wildman–Crippen MR) is 65.6 cm³/mol. The van der Waals surface area contributed by atoms with Crippen molar-refractivity contribution in [3.63, 3.8) is 0 Å². The molecule has 1 aromatic heterocycles. The summed E-state index contributed by atoms with van der Waals surface area (Å²) in [5.74, 6) is 0.0884. The Morgan fingerprint density at radius 3 is 2.65 bits per heavy atom. The summed E-state index contributed by atoms with van der Waals surface area (Å²) in [5, 5.41) is 9.60. The van der Waals surface area contributed by atoms with E-state index in [0.29, 0.717) is 6.54 Å². The van der Waals surface area contributed by atoms with Crippen molar-refractivity contribution in [2.75, 3.05) is 37.6 Å². The molecule has 94 valence electrons. The molecule has 0 unspecified atom stereocenters. The molecule has 1 aliphatic heterocycles. The van der Waals surface area contributed by atoms with E-state index in [0.717, 1.165) is 37.1 Å². The number of aromatic nitrogens is 2. The van der Waals surface area contributed by atoms with Gasteiger partial charge in [-0.15, -0.1) is 0 Å². The van der Waals surface area contributed by atoms with E-state index in [1.54, 1.807) is 0 Å². The number of carbonyl (C=O) groups is 1. The Morgan fingerprint density at radius 1 is 1.41 bits per heavy atom. The molecule has 1 N–H and O–H groups in total. The average Bonchev–Trinajstić information content (AvgIpc) is 2.74. The number of rotatable bonds is 4. The van der Waals surface area contributed by atoms with E-state index in [4.69, 9.17) is 5.11 Å². The lowest BCUT2D eigenvalue weighted by Gasteiger charge is -2.33. The Labute approximate surface area is 104 Å². The van der Waals surface area contributed by atoms with Crippen LogP contribution in [0.5, 0.6) is 0 Å². The first kappa shape index (κ1) is 12.3. The second kappa shape index (κ2) is 5.42. The van der Waals surface area contributed by atoms with Gasteiger partial charge in [0.25, 0.3) is 0 Å². The van der Waals surface area contributed by atoms with Crippen molar-refractivity contribution in [3.05, 3.63) is 5.82 Å². The summed E-state index contributed by atoms with van der Waals surface area (Å²) < 4.78 is 4.17. The van der Waals surface area contributed by atoms with Crippen molar-refractivity contribution < 1.29 is 9.90 Å². The van der Waals surface area contributed by atoms with Gasteiger partial charge >= 0.3 is 5.97 Å². The van der Waals surface area contributed by atoms with Gasteiger partial charge in [-0.05, 0) is 6.92 Å². The molecule has 1 saturated heterocycles. The van der Waals surface area contributed by atoms with Crippen LogP contribution in [0.25, 0.3) is 0 Å². The fraction of sp³-hybridized carbons (Fsp3) is 0.700. The summed E-state index contributed by atoms with van der Waals surface area (Å²) in [5.41, 5.74) is 0. The zero-order valence-corrected chi connectivity index (χ0v) is 10.6. The van der Waals surface area contributed by atoms with Gasteiger partial charge in [0, 0.05) is 44.3 Å². The predicted octanol–water partition coefficient (Wildman–Crippen LogP) is 0.443. The Kier molecular flexibility index (Phi) is 3.90. The number of hydrogen-bond acceptors (Lipinski definition) is 6. The second-order valence-corrected chi connectivity index (χ2v) is 4.83. The van der Waals surface area contributed by atoms with Crippen LogP contribution in [0.15, 0.2) is 0 Å². The van der Waals surface area contributed by atoms with Crippen LogP contribution in [0, 0.1) is 6.92 Å². The summed E-state index contributed by atoms with van der Waals surface area (Å²) in [6.07, 6.45) is 0.220. The lowest BCUT2D eigenvalue weighted by atomic mass is 10.3. The van der Waals surface area contributed by atoms with E-state index in [9.17, 15) is 4.79 Å². The highest BCUT2D eigenvalue weighted by molar-refractivity contribution is 7.09. The summed E-state index contributed by atoms with van der Waals surface area (Å²) in [6.45, 7) is 6.11. The van der Waals surface area contributed by atoms with Gasteiger partial charge in [-0.2, -0.15) is 4.37 Å².